The van der Waals surface area contributed by atoms with E-state index in [1.54, 1.807) is 43.6 Å². The molecule has 3 aromatic rings. The molecule has 140 valence electrons. The molecule has 1 heterocycles. The molecule has 2 N–H and O–H groups in total. The van der Waals surface area contributed by atoms with Gasteiger partial charge in [-0.25, -0.2) is 12.8 Å². The Morgan fingerprint density at radius 2 is 1.81 bits per heavy atom. The molecule has 0 bridgehead atoms. The van der Waals surface area contributed by atoms with Gasteiger partial charge in [-0.15, -0.1) is 0 Å². The number of carbonyl (C=O) groups is 1. The number of nitrogens with zero attached hydrogens (tertiary/aromatic N) is 2. The van der Waals surface area contributed by atoms with Crippen LogP contribution in [0.15, 0.2) is 71.9 Å². The Morgan fingerprint density at radius 3 is 2.48 bits per heavy atom. The first kappa shape index (κ1) is 18.6. The van der Waals surface area contributed by atoms with Crippen LogP contribution in [0, 0.1) is 5.82 Å². The molecule has 9 heteroatoms. The Hall–Kier alpha value is -3.20. The van der Waals surface area contributed by atoms with Crippen molar-refractivity contribution < 1.29 is 17.6 Å². The third kappa shape index (κ3) is 4.50. The van der Waals surface area contributed by atoms with Gasteiger partial charge in [0, 0.05) is 18.1 Å². The zero-order valence-corrected chi connectivity index (χ0v) is 15.2. The second-order valence-corrected chi connectivity index (χ2v) is 7.47. The van der Waals surface area contributed by atoms with Gasteiger partial charge in [-0.2, -0.15) is 5.10 Å². The number of anilines is 2. The van der Waals surface area contributed by atoms with Gasteiger partial charge in [-0.05, 0) is 55.5 Å². The quantitative estimate of drug-likeness (QED) is 0.679. The summed E-state index contributed by atoms with van der Waals surface area (Å²) in [5, 5.41) is 6.74. The molecule has 3 rings (SSSR count). The van der Waals surface area contributed by atoms with E-state index in [1.165, 1.54) is 22.9 Å². The fraction of sp³-hybridized carbons (Fsp3) is 0.111. The summed E-state index contributed by atoms with van der Waals surface area (Å²) < 4.78 is 41.7. The van der Waals surface area contributed by atoms with E-state index in [9.17, 15) is 17.6 Å². The summed E-state index contributed by atoms with van der Waals surface area (Å²) in [4.78, 5) is 12.3. The van der Waals surface area contributed by atoms with E-state index in [0.717, 1.165) is 12.1 Å². The summed E-state index contributed by atoms with van der Waals surface area (Å²) in [5.74, 6) is -0.817. The number of carbonyl (C=O) groups excluding carboxylic acids is 1. The van der Waals surface area contributed by atoms with Gasteiger partial charge in [0.2, 0.25) is 5.91 Å². The molecule has 0 radical (unpaired) electrons. The number of hydrogen-bond donors (Lipinski definition) is 2. The van der Waals surface area contributed by atoms with E-state index in [-0.39, 0.29) is 16.5 Å². The predicted molar refractivity (Wildman–Crippen MR) is 99.2 cm³/mol. The lowest BCUT2D eigenvalue weighted by Gasteiger charge is -2.14. The molecule has 0 unspecified atom stereocenters. The Bertz CT molecular complexity index is 1030. The van der Waals surface area contributed by atoms with Crippen LogP contribution in [-0.4, -0.2) is 24.1 Å². The lowest BCUT2D eigenvalue weighted by molar-refractivity contribution is -0.119. The maximum Gasteiger partial charge on any atom is 0.261 e. The van der Waals surface area contributed by atoms with Crippen molar-refractivity contribution in [3.05, 3.63) is 72.8 Å². The highest BCUT2D eigenvalue weighted by atomic mass is 32.2. The molecule has 1 amide bonds. The molecule has 0 spiro atoms. The maximum absolute atomic E-state index is 13.0. The fourth-order valence-corrected chi connectivity index (χ4v) is 3.41. The highest BCUT2D eigenvalue weighted by molar-refractivity contribution is 7.92. The smallest absolute Gasteiger partial charge is 0.261 e. The SMILES string of the molecule is C[C@H](C(=O)Nc1cccc(NS(=O)(=O)c2ccc(F)cc2)c1)n1cccn1. The summed E-state index contributed by atoms with van der Waals surface area (Å²) in [6.45, 7) is 1.70. The lowest BCUT2D eigenvalue weighted by Crippen LogP contribution is -2.24. The number of sulfonamides is 1. The number of hydrogen-bond acceptors (Lipinski definition) is 4. The van der Waals surface area contributed by atoms with Crippen molar-refractivity contribution in [3.63, 3.8) is 0 Å². The van der Waals surface area contributed by atoms with Crippen LogP contribution in [0.2, 0.25) is 0 Å². The van der Waals surface area contributed by atoms with Crippen LogP contribution >= 0.6 is 0 Å². The zero-order valence-electron chi connectivity index (χ0n) is 14.3. The number of halogens is 1. The molecule has 0 saturated carbocycles. The maximum atomic E-state index is 13.0. The third-order valence-electron chi connectivity index (χ3n) is 3.81. The minimum absolute atomic E-state index is 0.0642. The van der Waals surface area contributed by atoms with Crippen molar-refractivity contribution in [1.82, 2.24) is 9.78 Å². The molecule has 0 aliphatic carbocycles. The van der Waals surface area contributed by atoms with E-state index < -0.39 is 21.9 Å². The molecule has 0 aliphatic rings. The van der Waals surface area contributed by atoms with Crippen molar-refractivity contribution in [1.29, 1.82) is 0 Å². The number of nitrogens with one attached hydrogen (secondary N) is 2. The van der Waals surface area contributed by atoms with Crippen molar-refractivity contribution in [2.75, 3.05) is 10.0 Å². The zero-order chi connectivity index (χ0) is 19.4. The standard InChI is InChI=1S/C18H17FN4O3S/c1-13(23-11-3-10-20-23)18(24)21-15-4-2-5-16(12-15)22-27(25,26)17-8-6-14(19)7-9-17/h2-13,22H,1H3,(H,21,24)/t13-/m1/s1. The van der Waals surface area contributed by atoms with Gasteiger partial charge >= 0.3 is 0 Å². The monoisotopic (exact) mass is 388 g/mol. The first-order valence-electron chi connectivity index (χ1n) is 8.03. The van der Waals surface area contributed by atoms with E-state index in [4.69, 9.17) is 0 Å². The van der Waals surface area contributed by atoms with Gasteiger partial charge in [0.1, 0.15) is 11.9 Å². The van der Waals surface area contributed by atoms with E-state index >= 15 is 0 Å². The van der Waals surface area contributed by atoms with Crippen molar-refractivity contribution in [3.8, 4) is 0 Å². The molecule has 0 aliphatic heterocycles. The summed E-state index contributed by atoms with van der Waals surface area (Å²) in [7, 11) is -3.87. The molecule has 0 saturated heterocycles. The van der Waals surface area contributed by atoms with Crippen molar-refractivity contribution in [2.45, 2.75) is 17.9 Å². The molecule has 1 aromatic heterocycles. The lowest BCUT2D eigenvalue weighted by atomic mass is 10.2. The van der Waals surface area contributed by atoms with Gasteiger partial charge in [0.25, 0.3) is 10.0 Å². The van der Waals surface area contributed by atoms with E-state index in [1.807, 2.05) is 0 Å². The number of aromatic nitrogens is 2. The first-order chi connectivity index (χ1) is 12.8. The number of rotatable bonds is 6. The van der Waals surface area contributed by atoms with Crippen LogP contribution in [0.4, 0.5) is 15.8 Å². The van der Waals surface area contributed by atoms with Crippen LogP contribution in [0.5, 0.6) is 0 Å². The van der Waals surface area contributed by atoms with Crippen LogP contribution in [0.3, 0.4) is 0 Å². The van der Waals surface area contributed by atoms with Gasteiger partial charge in [-0.3, -0.25) is 14.2 Å². The number of amides is 1. The van der Waals surface area contributed by atoms with Gasteiger partial charge in [0.15, 0.2) is 0 Å². The third-order valence-corrected chi connectivity index (χ3v) is 5.20. The minimum Gasteiger partial charge on any atom is -0.324 e. The first-order valence-corrected chi connectivity index (χ1v) is 9.52. The molecule has 27 heavy (non-hydrogen) atoms. The highest BCUT2D eigenvalue weighted by Crippen LogP contribution is 2.20. The summed E-state index contributed by atoms with van der Waals surface area (Å²) in [6.07, 6.45) is 3.26. The minimum atomic E-state index is -3.87. The Labute approximate surface area is 155 Å². The summed E-state index contributed by atoms with van der Waals surface area (Å²) >= 11 is 0. The van der Waals surface area contributed by atoms with Gasteiger partial charge in [0.05, 0.1) is 10.6 Å². The largest absolute Gasteiger partial charge is 0.324 e. The summed E-state index contributed by atoms with van der Waals surface area (Å²) in [6, 6.07) is 12.0. The molecular formula is C18H17FN4O3S. The average Bonchev–Trinajstić information content (AvgIpc) is 3.16. The number of benzene rings is 2. The van der Waals surface area contributed by atoms with Crippen molar-refractivity contribution in [2.24, 2.45) is 0 Å². The predicted octanol–water partition coefficient (Wildman–Crippen LogP) is 3.02. The second-order valence-electron chi connectivity index (χ2n) is 5.79. The summed E-state index contributed by atoms with van der Waals surface area (Å²) in [5.41, 5.74) is 0.696. The van der Waals surface area contributed by atoms with Crippen LogP contribution in [-0.2, 0) is 14.8 Å². The van der Waals surface area contributed by atoms with Crippen LogP contribution in [0.1, 0.15) is 13.0 Å². The van der Waals surface area contributed by atoms with Gasteiger partial charge in [-0.1, -0.05) is 6.07 Å². The van der Waals surface area contributed by atoms with E-state index in [0.29, 0.717) is 5.69 Å². The van der Waals surface area contributed by atoms with Gasteiger partial charge < -0.3 is 5.32 Å². The molecule has 7 nitrogen and oxygen atoms in total. The topological polar surface area (TPSA) is 93.1 Å². The fourth-order valence-electron chi connectivity index (χ4n) is 2.36. The van der Waals surface area contributed by atoms with E-state index in [2.05, 4.69) is 15.1 Å². The Kier molecular flexibility index (Phi) is 5.22. The second kappa shape index (κ2) is 7.58. The average molecular weight is 388 g/mol. The molecule has 0 fully saturated rings. The Balaban J connectivity index is 1.73. The molecule has 1 atom stereocenters. The van der Waals surface area contributed by atoms with Crippen LogP contribution < -0.4 is 10.0 Å². The van der Waals surface area contributed by atoms with Crippen molar-refractivity contribution >= 4 is 27.3 Å². The molecular weight excluding hydrogens is 371 g/mol. The molecule has 2 aromatic carbocycles. The van der Waals surface area contributed by atoms with Crippen LogP contribution in [0.25, 0.3) is 0 Å². The normalized spacial score (nSPS) is 12.4. The Morgan fingerprint density at radius 1 is 1.11 bits per heavy atom. The highest BCUT2D eigenvalue weighted by Gasteiger charge is 2.17.